The highest BCUT2D eigenvalue weighted by molar-refractivity contribution is 6.32. The molecule has 3 aromatic carbocycles. The molecule has 4 rings (SSSR count). The average molecular weight is 480 g/mol. The lowest BCUT2D eigenvalue weighted by Crippen LogP contribution is -2.26. The van der Waals surface area contributed by atoms with Crippen molar-refractivity contribution in [2.75, 3.05) is 17.2 Å². The number of rotatable bonds is 8. The summed E-state index contributed by atoms with van der Waals surface area (Å²) in [7, 11) is 0. The van der Waals surface area contributed by atoms with Gasteiger partial charge in [0.15, 0.2) is 0 Å². The van der Waals surface area contributed by atoms with E-state index in [2.05, 4.69) is 20.6 Å². The van der Waals surface area contributed by atoms with Crippen LogP contribution in [0.1, 0.15) is 12.5 Å². The number of nitrogens with one attached hydrogen (secondary N) is 2. The van der Waals surface area contributed by atoms with Crippen LogP contribution < -0.4 is 21.1 Å². The third kappa shape index (κ3) is 5.59. The fourth-order valence-corrected chi connectivity index (χ4v) is 3.46. The number of benzene rings is 3. The molecule has 174 valence electrons. The number of ether oxygens (including phenoxy) is 1. The van der Waals surface area contributed by atoms with Gasteiger partial charge < -0.3 is 21.1 Å². The first-order valence-corrected chi connectivity index (χ1v) is 11.0. The Morgan fingerprint density at radius 3 is 2.71 bits per heavy atom. The van der Waals surface area contributed by atoms with E-state index >= 15 is 0 Å². The molecule has 0 spiro atoms. The molecule has 4 aromatic rings. The first-order chi connectivity index (χ1) is 16.4. The maximum Gasteiger partial charge on any atom is 0.228 e. The van der Waals surface area contributed by atoms with E-state index in [1.807, 2.05) is 0 Å². The van der Waals surface area contributed by atoms with Gasteiger partial charge in [-0.1, -0.05) is 30.7 Å². The highest BCUT2D eigenvalue weighted by Crippen LogP contribution is 2.31. The summed E-state index contributed by atoms with van der Waals surface area (Å²) < 4.78 is 19.1. The largest absolute Gasteiger partial charge is 0.487 e. The van der Waals surface area contributed by atoms with Gasteiger partial charge >= 0.3 is 0 Å². The molecule has 4 N–H and O–H groups in total. The number of hydrogen-bond donors (Lipinski definition) is 3. The molecule has 0 bridgehead atoms. The number of carbonyl (C=O) groups is 1. The van der Waals surface area contributed by atoms with Gasteiger partial charge in [0, 0.05) is 29.2 Å². The van der Waals surface area contributed by atoms with E-state index in [1.165, 1.54) is 18.5 Å². The second kappa shape index (κ2) is 10.5. The molecule has 0 aliphatic carbocycles. The zero-order valence-corrected chi connectivity index (χ0v) is 19.1. The van der Waals surface area contributed by atoms with Crippen LogP contribution in [0.5, 0.6) is 5.75 Å². The second-order valence-electron chi connectivity index (χ2n) is 7.77. The van der Waals surface area contributed by atoms with E-state index < -0.39 is 0 Å². The van der Waals surface area contributed by atoms with E-state index in [-0.39, 0.29) is 30.8 Å². The van der Waals surface area contributed by atoms with Crippen molar-refractivity contribution in [3.63, 3.8) is 0 Å². The minimum Gasteiger partial charge on any atom is -0.487 e. The number of nitrogens with two attached hydrogens (primary N) is 1. The quantitative estimate of drug-likeness (QED) is 0.318. The van der Waals surface area contributed by atoms with Crippen LogP contribution in [0.15, 0.2) is 67.0 Å². The lowest BCUT2D eigenvalue weighted by Gasteiger charge is -2.13. The maximum absolute atomic E-state index is 13.4. The van der Waals surface area contributed by atoms with Crippen molar-refractivity contribution in [1.82, 2.24) is 9.97 Å². The molecule has 34 heavy (non-hydrogen) atoms. The van der Waals surface area contributed by atoms with Gasteiger partial charge in [-0.15, -0.1) is 0 Å². The summed E-state index contributed by atoms with van der Waals surface area (Å²) in [6, 6.07) is 16.8. The van der Waals surface area contributed by atoms with Crippen LogP contribution in [0.25, 0.3) is 10.9 Å². The van der Waals surface area contributed by atoms with Crippen LogP contribution in [0.3, 0.4) is 0 Å². The van der Waals surface area contributed by atoms with Crippen molar-refractivity contribution in [3.8, 4) is 5.75 Å². The van der Waals surface area contributed by atoms with Crippen LogP contribution in [0.4, 0.5) is 21.6 Å². The number of halogens is 2. The molecule has 1 heterocycles. The molecule has 1 atom stereocenters. The predicted octanol–water partition coefficient (Wildman–Crippen LogP) is 5.28. The fraction of sp³-hybridized carbons (Fsp3) is 0.160. The molecule has 1 amide bonds. The Kier molecular flexibility index (Phi) is 7.20. The van der Waals surface area contributed by atoms with Gasteiger partial charge in [0.2, 0.25) is 5.91 Å². The van der Waals surface area contributed by atoms with E-state index in [0.717, 1.165) is 5.39 Å². The Morgan fingerprint density at radius 2 is 1.94 bits per heavy atom. The van der Waals surface area contributed by atoms with Crippen LogP contribution in [0, 0.1) is 11.7 Å². The van der Waals surface area contributed by atoms with E-state index in [9.17, 15) is 9.18 Å². The highest BCUT2D eigenvalue weighted by atomic mass is 35.5. The van der Waals surface area contributed by atoms with Crippen molar-refractivity contribution >= 4 is 45.6 Å². The first kappa shape index (κ1) is 23.4. The number of aromatic nitrogens is 2. The molecule has 1 aromatic heterocycles. The standard InChI is InChI=1S/C25H23ClFN5O2/c1-15(12-28)25(33)32-18-5-7-22-20(10-18)24(30-14-29-22)31-19-6-8-23(21(26)11-19)34-13-16-3-2-4-17(27)9-16/h2-11,14-15H,12-13,28H2,1H3,(H,32,33)(H,29,30,31). The van der Waals surface area contributed by atoms with Crippen molar-refractivity contribution < 1.29 is 13.9 Å². The average Bonchev–Trinajstić information content (AvgIpc) is 2.83. The lowest BCUT2D eigenvalue weighted by atomic mass is 10.1. The summed E-state index contributed by atoms with van der Waals surface area (Å²) in [5, 5.41) is 7.21. The first-order valence-electron chi connectivity index (χ1n) is 10.6. The van der Waals surface area contributed by atoms with E-state index in [4.69, 9.17) is 22.1 Å². The number of anilines is 3. The van der Waals surface area contributed by atoms with Crippen LogP contribution in [-0.2, 0) is 11.4 Å². The summed E-state index contributed by atoms with van der Waals surface area (Å²) in [6.07, 6.45) is 1.46. The zero-order valence-electron chi connectivity index (χ0n) is 18.4. The third-order valence-corrected chi connectivity index (χ3v) is 5.48. The van der Waals surface area contributed by atoms with Gasteiger partial charge in [0.1, 0.15) is 30.3 Å². The van der Waals surface area contributed by atoms with E-state index in [1.54, 1.807) is 55.5 Å². The Balaban J connectivity index is 1.51. The van der Waals surface area contributed by atoms with Crippen molar-refractivity contribution in [2.24, 2.45) is 11.7 Å². The molecule has 0 saturated heterocycles. The van der Waals surface area contributed by atoms with Gasteiger partial charge in [0.05, 0.1) is 10.5 Å². The van der Waals surface area contributed by atoms with Gasteiger partial charge in [-0.3, -0.25) is 4.79 Å². The van der Waals surface area contributed by atoms with Gasteiger partial charge in [0.25, 0.3) is 0 Å². The molecule has 0 fully saturated rings. The number of fused-ring (bicyclic) bond motifs is 1. The fourth-order valence-electron chi connectivity index (χ4n) is 3.23. The van der Waals surface area contributed by atoms with Crippen molar-refractivity contribution in [2.45, 2.75) is 13.5 Å². The number of carbonyl (C=O) groups excluding carboxylic acids is 1. The van der Waals surface area contributed by atoms with Gasteiger partial charge in [-0.05, 0) is 54.1 Å². The summed E-state index contributed by atoms with van der Waals surface area (Å²) in [6.45, 7) is 2.22. The summed E-state index contributed by atoms with van der Waals surface area (Å²) >= 11 is 6.41. The third-order valence-electron chi connectivity index (χ3n) is 5.18. The maximum atomic E-state index is 13.4. The topological polar surface area (TPSA) is 102 Å². The Bertz CT molecular complexity index is 1330. The molecule has 1 unspecified atom stereocenters. The number of amides is 1. The Morgan fingerprint density at radius 1 is 1.12 bits per heavy atom. The molecule has 9 heteroatoms. The van der Waals surface area contributed by atoms with Crippen molar-refractivity contribution in [3.05, 3.63) is 83.4 Å². The smallest absolute Gasteiger partial charge is 0.228 e. The molecular weight excluding hydrogens is 457 g/mol. The number of nitrogens with zero attached hydrogens (tertiary/aromatic N) is 2. The normalized spacial score (nSPS) is 11.8. The zero-order chi connectivity index (χ0) is 24.1. The SMILES string of the molecule is CC(CN)C(=O)Nc1ccc2ncnc(Nc3ccc(OCc4cccc(F)c4)c(Cl)c3)c2c1. The molecule has 0 aliphatic heterocycles. The second-order valence-corrected chi connectivity index (χ2v) is 8.18. The van der Waals surface area contributed by atoms with Crippen LogP contribution in [-0.4, -0.2) is 22.4 Å². The highest BCUT2D eigenvalue weighted by Gasteiger charge is 2.13. The van der Waals surface area contributed by atoms with Crippen LogP contribution >= 0.6 is 11.6 Å². The predicted molar refractivity (Wildman–Crippen MR) is 132 cm³/mol. The minimum atomic E-state index is -0.319. The molecular formula is C25H23ClFN5O2. The minimum absolute atomic E-state index is 0.158. The molecule has 0 radical (unpaired) electrons. The molecule has 7 nitrogen and oxygen atoms in total. The Hall–Kier alpha value is -3.75. The van der Waals surface area contributed by atoms with E-state index in [0.29, 0.717) is 39.0 Å². The lowest BCUT2D eigenvalue weighted by molar-refractivity contribution is -0.119. The summed E-state index contributed by atoms with van der Waals surface area (Å²) in [5.74, 6) is 0.249. The van der Waals surface area contributed by atoms with Crippen LogP contribution in [0.2, 0.25) is 5.02 Å². The van der Waals surface area contributed by atoms with Crippen molar-refractivity contribution in [1.29, 1.82) is 0 Å². The summed E-state index contributed by atoms with van der Waals surface area (Å²) in [5.41, 5.74) is 8.30. The van der Waals surface area contributed by atoms with Gasteiger partial charge in [-0.25, -0.2) is 14.4 Å². The monoisotopic (exact) mass is 479 g/mol. The molecule has 0 aliphatic rings. The summed E-state index contributed by atoms with van der Waals surface area (Å²) in [4.78, 5) is 20.8. The Labute approximate surface area is 201 Å². The molecule has 0 saturated carbocycles. The number of hydrogen-bond acceptors (Lipinski definition) is 6. The van der Waals surface area contributed by atoms with Gasteiger partial charge in [-0.2, -0.15) is 0 Å².